The van der Waals surface area contributed by atoms with E-state index in [0.717, 1.165) is 6.29 Å². The molecule has 15 heavy (non-hydrogen) atoms. The van der Waals surface area contributed by atoms with E-state index in [2.05, 4.69) is 19.9 Å². The Balaban J connectivity index is 3.91. The molecule has 0 aromatic heterocycles. The first-order chi connectivity index (χ1) is 7.35. The fraction of sp³-hybridized carbons (Fsp3) is 0.615. The Labute approximate surface area is 98.0 Å². The summed E-state index contributed by atoms with van der Waals surface area (Å²) in [4.78, 5) is 10.1. The minimum atomic E-state index is 0.612. The second-order valence-electron chi connectivity index (χ2n) is 3.46. The van der Waals surface area contributed by atoms with Crippen molar-refractivity contribution in [1.29, 1.82) is 0 Å². The fourth-order valence-corrected chi connectivity index (χ4v) is 2.28. The molecule has 0 amide bonds. The third kappa shape index (κ3) is 9.80. The van der Waals surface area contributed by atoms with Gasteiger partial charge in [0.1, 0.15) is 6.29 Å². The minimum absolute atomic E-state index is 0.612. The van der Waals surface area contributed by atoms with Gasteiger partial charge in [-0.3, -0.25) is 4.79 Å². The van der Waals surface area contributed by atoms with Crippen molar-refractivity contribution in [2.45, 2.75) is 44.8 Å². The van der Waals surface area contributed by atoms with Crippen LogP contribution in [-0.4, -0.2) is 17.3 Å². The molecule has 0 spiro atoms. The van der Waals surface area contributed by atoms with Crippen LogP contribution in [0.5, 0.6) is 0 Å². The van der Waals surface area contributed by atoms with Crippen LogP contribution in [0.3, 0.4) is 0 Å². The van der Waals surface area contributed by atoms with Gasteiger partial charge in [0.2, 0.25) is 0 Å². The molecule has 0 fully saturated rings. The van der Waals surface area contributed by atoms with Gasteiger partial charge in [0.25, 0.3) is 0 Å². The smallest absolute Gasteiger partial charge is 0.142 e. The van der Waals surface area contributed by atoms with E-state index in [1.165, 1.54) is 37.5 Å². The van der Waals surface area contributed by atoms with Crippen molar-refractivity contribution < 1.29 is 4.79 Å². The van der Waals surface area contributed by atoms with E-state index < -0.39 is 0 Å². The van der Waals surface area contributed by atoms with Crippen LogP contribution in [0.15, 0.2) is 24.3 Å². The van der Waals surface area contributed by atoms with Crippen molar-refractivity contribution in [3.63, 3.8) is 0 Å². The van der Waals surface area contributed by atoms with Crippen LogP contribution in [0.2, 0.25) is 0 Å². The van der Waals surface area contributed by atoms with Crippen molar-refractivity contribution >= 4 is 18.0 Å². The summed E-state index contributed by atoms with van der Waals surface area (Å²) in [6.45, 7) is 4.43. The number of allylic oxidation sites excluding steroid dienone is 3. The third-order valence-corrected chi connectivity index (χ3v) is 3.47. The second kappa shape index (κ2) is 11.6. The number of carbonyl (C=O) groups is 1. The highest BCUT2D eigenvalue weighted by Gasteiger charge is 2.02. The van der Waals surface area contributed by atoms with Gasteiger partial charge >= 0.3 is 0 Å². The quantitative estimate of drug-likeness (QED) is 0.336. The highest BCUT2D eigenvalue weighted by molar-refractivity contribution is 8.00. The number of hydrogen-bond donors (Lipinski definition) is 0. The molecule has 0 N–H and O–H groups in total. The molecular weight excluding hydrogens is 204 g/mol. The number of unbranched alkanes of at least 4 members (excludes halogenated alkanes) is 1. The van der Waals surface area contributed by atoms with E-state index in [1.54, 1.807) is 6.08 Å². The third-order valence-electron chi connectivity index (χ3n) is 2.00. The van der Waals surface area contributed by atoms with Gasteiger partial charge in [-0.2, -0.15) is 11.8 Å². The Kier molecular flexibility index (Phi) is 11.2. The van der Waals surface area contributed by atoms with E-state index >= 15 is 0 Å². The topological polar surface area (TPSA) is 17.1 Å². The van der Waals surface area contributed by atoms with E-state index in [9.17, 15) is 4.79 Å². The molecule has 0 radical (unpaired) electrons. The molecule has 2 heteroatoms. The molecule has 0 heterocycles. The van der Waals surface area contributed by atoms with E-state index in [-0.39, 0.29) is 0 Å². The maximum atomic E-state index is 10.1. The Morgan fingerprint density at radius 1 is 1.13 bits per heavy atom. The number of aldehydes is 1. The lowest BCUT2D eigenvalue weighted by molar-refractivity contribution is -0.104. The summed E-state index contributed by atoms with van der Waals surface area (Å²) in [5, 5.41) is 0.612. The zero-order valence-electron chi connectivity index (χ0n) is 9.82. The van der Waals surface area contributed by atoms with Crippen molar-refractivity contribution in [3.8, 4) is 0 Å². The molecule has 0 aliphatic carbocycles. The largest absolute Gasteiger partial charge is 0.299 e. The van der Waals surface area contributed by atoms with Gasteiger partial charge < -0.3 is 0 Å². The van der Waals surface area contributed by atoms with Gasteiger partial charge in [-0.1, -0.05) is 44.9 Å². The van der Waals surface area contributed by atoms with Crippen molar-refractivity contribution in [2.24, 2.45) is 0 Å². The minimum Gasteiger partial charge on any atom is -0.299 e. The summed E-state index contributed by atoms with van der Waals surface area (Å²) in [7, 11) is 0. The first-order valence-electron chi connectivity index (χ1n) is 5.75. The van der Waals surface area contributed by atoms with Crippen LogP contribution < -0.4 is 0 Å². The van der Waals surface area contributed by atoms with Gasteiger partial charge in [-0.15, -0.1) is 0 Å². The highest BCUT2D eigenvalue weighted by Crippen LogP contribution is 2.19. The molecule has 1 atom stereocenters. The molecule has 0 aromatic rings. The van der Waals surface area contributed by atoms with Crippen LogP contribution in [-0.2, 0) is 4.79 Å². The molecule has 86 valence electrons. The van der Waals surface area contributed by atoms with Gasteiger partial charge in [0, 0.05) is 5.25 Å². The molecule has 0 bridgehead atoms. The maximum absolute atomic E-state index is 10.1. The second-order valence-corrected chi connectivity index (χ2v) is 4.80. The first kappa shape index (κ1) is 14.5. The summed E-state index contributed by atoms with van der Waals surface area (Å²) >= 11 is 2.01. The van der Waals surface area contributed by atoms with E-state index in [1.807, 2.05) is 17.8 Å². The monoisotopic (exact) mass is 226 g/mol. The van der Waals surface area contributed by atoms with Crippen LogP contribution in [0.1, 0.15) is 39.5 Å². The zero-order valence-corrected chi connectivity index (χ0v) is 10.6. The Morgan fingerprint density at radius 3 is 2.53 bits per heavy atom. The standard InChI is InChI=1S/C13H22OS/c1-3-5-9-13(15-12-4-2)10-7-6-8-11-14/h6-8,10-11,13H,3-5,9,12H2,1-2H3. The number of carbonyl (C=O) groups excluding carboxylic acids is 1. The predicted molar refractivity (Wildman–Crippen MR) is 70.4 cm³/mol. The summed E-state index contributed by atoms with van der Waals surface area (Å²) in [6, 6.07) is 0. The molecule has 1 unspecified atom stereocenters. The van der Waals surface area contributed by atoms with Gasteiger partial charge in [-0.25, -0.2) is 0 Å². The maximum Gasteiger partial charge on any atom is 0.142 e. The van der Waals surface area contributed by atoms with E-state index in [0.29, 0.717) is 5.25 Å². The van der Waals surface area contributed by atoms with Crippen molar-refractivity contribution in [2.75, 3.05) is 5.75 Å². The van der Waals surface area contributed by atoms with Crippen LogP contribution in [0, 0.1) is 0 Å². The van der Waals surface area contributed by atoms with Crippen LogP contribution in [0.4, 0.5) is 0 Å². The lowest BCUT2D eigenvalue weighted by Crippen LogP contribution is -1.99. The molecule has 0 aliphatic heterocycles. The lowest BCUT2D eigenvalue weighted by atomic mass is 10.2. The van der Waals surface area contributed by atoms with Crippen molar-refractivity contribution in [3.05, 3.63) is 24.3 Å². The molecule has 0 aromatic carbocycles. The fourth-order valence-electron chi connectivity index (χ4n) is 1.21. The highest BCUT2D eigenvalue weighted by atomic mass is 32.2. The van der Waals surface area contributed by atoms with Crippen molar-refractivity contribution in [1.82, 2.24) is 0 Å². The van der Waals surface area contributed by atoms with Gasteiger partial charge in [0.05, 0.1) is 0 Å². The van der Waals surface area contributed by atoms with Crippen LogP contribution >= 0.6 is 11.8 Å². The summed E-state index contributed by atoms with van der Waals surface area (Å²) < 4.78 is 0. The van der Waals surface area contributed by atoms with Gasteiger partial charge in [0.15, 0.2) is 0 Å². The van der Waals surface area contributed by atoms with E-state index in [4.69, 9.17) is 0 Å². The predicted octanol–water partition coefficient (Wildman–Crippen LogP) is 4.00. The SMILES string of the molecule is CCCCC(C=CC=CC=O)SCCC. The molecule has 1 nitrogen and oxygen atoms in total. The average Bonchev–Trinajstić information content (AvgIpc) is 2.27. The normalized spacial score (nSPS) is 13.7. The Morgan fingerprint density at radius 2 is 1.93 bits per heavy atom. The first-order valence-corrected chi connectivity index (χ1v) is 6.80. The summed E-state index contributed by atoms with van der Waals surface area (Å²) in [5.74, 6) is 1.22. The number of rotatable bonds is 9. The molecule has 0 rings (SSSR count). The zero-order chi connectivity index (χ0) is 11.4. The summed E-state index contributed by atoms with van der Waals surface area (Å²) in [6.07, 6.45) is 13.3. The molecule has 0 aliphatic rings. The molecule has 0 saturated heterocycles. The average molecular weight is 226 g/mol. The molecule has 0 saturated carbocycles. The van der Waals surface area contributed by atoms with Gasteiger partial charge in [-0.05, 0) is 24.7 Å². The Bertz CT molecular complexity index is 189. The molecular formula is C13H22OS. The van der Waals surface area contributed by atoms with Crippen LogP contribution in [0.25, 0.3) is 0 Å². The summed E-state index contributed by atoms with van der Waals surface area (Å²) in [5.41, 5.74) is 0. The number of hydrogen-bond acceptors (Lipinski definition) is 2. The lowest BCUT2D eigenvalue weighted by Gasteiger charge is -2.10. The number of thioether (sulfide) groups is 1. The Hall–Kier alpha value is -0.500.